The molecule has 86 valence electrons. The third-order valence-electron chi connectivity index (χ3n) is 3.25. The molecule has 0 nitrogen and oxygen atoms in total. The van der Waals surface area contributed by atoms with Crippen molar-refractivity contribution >= 4 is 10.8 Å². The van der Waals surface area contributed by atoms with Gasteiger partial charge in [-0.2, -0.15) is 0 Å². The molecule has 0 aliphatic rings. The van der Waals surface area contributed by atoms with E-state index in [0.717, 1.165) is 6.42 Å². The highest BCUT2D eigenvalue weighted by Gasteiger charge is 2.10. The van der Waals surface area contributed by atoms with Crippen LogP contribution in [0.4, 0.5) is 0 Å². The lowest BCUT2D eigenvalue weighted by atomic mass is 9.90. The van der Waals surface area contributed by atoms with Crippen LogP contribution < -0.4 is 0 Å². The lowest BCUT2D eigenvalue weighted by Gasteiger charge is -2.13. The number of hydrogen-bond donors (Lipinski definition) is 0. The van der Waals surface area contributed by atoms with Gasteiger partial charge < -0.3 is 0 Å². The minimum atomic E-state index is 0.251. The van der Waals surface area contributed by atoms with Crippen molar-refractivity contribution in [2.24, 2.45) is 0 Å². The van der Waals surface area contributed by atoms with Crippen LogP contribution in [0.2, 0.25) is 0 Å². The van der Waals surface area contributed by atoms with E-state index in [1.54, 1.807) is 0 Å². The first-order chi connectivity index (χ1) is 8.36. The molecule has 17 heavy (non-hydrogen) atoms. The second-order valence-corrected chi connectivity index (χ2v) is 4.43. The molecular weight excluding hydrogens is 204 g/mol. The molecule has 0 N–H and O–H groups in total. The van der Waals surface area contributed by atoms with E-state index in [0.29, 0.717) is 0 Å². The van der Waals surface area contributed by atoms with Crippen LogP contribution >= 0.6 is 0 Å². The minimum Gasteiger partial charge on any atom is -0.119 e. The van der Waals surface area contributed by atoms with Crippen molar-refractivity contribution in [3.05, 3.63) is 48.0 Å². The first kappa shape index (κ1) is 11.7. The first-order valence-electron chi connectivity index (χ1n) is 6.30. The molecule has 0 fully saturated rings. The topological polar surface area (TPSA) is 0 Å². The standard InChI is InChI=1S/C17H18/c1-3-5-9-14(4-2)16-13-8-11-15-10-6-7-12-17(15)16/h2,6-8,10-14H,3,5,9H2,1H3. The number of fused-ring (bicyclic) bond motifs is 1. The van der Waals surface area contributed by atoms with E-state index in [4.69, 9.17) is 6.42 Å². The summed E-state index contributed by atoms with van der Waals surface area (Å²) in [5, 5.41) is 2.58. The average Bonchev–Trinajstić information content (AvgIpc) is 2.40. The largest absolute Gasteiger partial charge is 0.119 e. The van der Waals surface area contributed by atoms with E-state index in [1.807, 2.05) is 0 Å². The normalized spacial score (nSPS) is 12.2. The Morgan fingerprint density at radius 2 is 1.88 bits per heavy atom. The number of rotatable bonds is 4. The molecule has 0 spiro atoms. The fourth-order valence-corrected chi connectivity index (χ4v) is 2.29. The van der Waals surface area contributed by atoms with Gasteiger partial charge >= 0.3 is 0 Å². The van der Waals surface area contributed by atoms with Crippen molar-refractivity contribution < 1.29 is 0 Å². The Morgan fingerprint density at radius 1 is 1.12 bits per heavy atom. The van der Waals surface area contributed by atoms with Crippen molar-refractivity contribution in [3.63, 3.8) is 0 Å². The van der Waals surface area contributed by atoms with E-state index in [1.165, 1.54) is 29.2 Å². The van der Waals surface area contributed by atoms with Gasteiger partial charge in [0.1, 0.15) is 0 Å². The summed E-state index contributed by atoms with van der Waals surface area (Å²) in [5.74, 6) is 3.20. The molecule has 0 bridgehead atoms. The van der Waals surface area contributed by atoms with Crippen LogP contribution in [0.15, 0.2) is 42.5 Å². The molecule has 0 aliphatic carbocycles. The van der Waals surface area contributed by atoms with Gasteiger partial charge in [-0.3, -0.25) is 0 Å². The molecule has 0 heterocycles. The zero-order valence-corrected chi connectivity index (χ0v) is 10.3. The van der Waals surface area contributed by atoms with Crippen molar-refractivity contribution in [2.75, 3.05) is 0 Å². The number of hydrogen-bond acceptors (Lipinski definition) is 0. The summed E-state index contributed by atoms with van der Waals surface area (Å²) in [6.07, 6.45) is 9.16. The molecule has 0 heteroatoms. The molecule has 2 rings (SSSR count). The van der Waals surface area contributed by atoms with Gasteiger partial charge in [0.05, 0.1) is 0 Å². The van der Waals surface area contributed by atoms with Crippen LogP contribution in [0.3, 0.4) is 0 Å². The summed E-state index contributed by atoms with van der Waals surface area (Å²) in [7, 11) is 0. The maximum absolute atomic E-state index is 5.69. The van der Waals surface area contributed by atoms with Gasteiger partial charge in [0.25, 0.3) is 0 Å². The van der Waals surface area contributed by atoms with Gasteiger partial charge in [-0.25, -0.2) is 0 Å². The van der Waals surface area contributed by atoms with Gasteiger partial charge in [-0.05, 0) is 22.8 Å². The van der Waals surface area contributed by atoms with E-state index in [2.05, 4.69) is 55.3 Å². The molecular formula is C17H18. The maximum Gasteiger partial charge on any atom is 0.0455 e. The summed E-state index contributed by atoms with van der Waals surface area (Å²) < 4.78 is 0. The predicted molar refractivity (Wildman–Crippen MR) is 75.0 cm³/mol. The quantitative estimate of drug-likeness (QED) is 0.655. The van der Waals surface area contributed by atoms with Crippen LogP contribution in [0.1, 0.15) is 37.7 Å². The number of unbranched alkanes of at least 4 members (excludes halogenated alkanes) is 1. The molecule has 0 aliphatic heterocycles. The highest BCUT2D eigenvalue weighted by Crippen LogP contribution is 2.28. The minimum absolute atomic E-state index is 0.251. The molecule has 0 radical (unpaired) electrons. The van der Waals surface area contributed by atoms with Crippen LogP contribution in [-0.4, -0.2) is 0 Å². The molecule has 2 aromatic rings. The molecule has 0 saturated heterocycles. The Morgan fingerprint density at radius 3 is 2.65 bits per heavy atom. The average molecular weight is 222 g/mol. The summed E-state index contributed by atoms with van der Waals surface area (Å²) in [5.41, 5.74) is 1.30. The zero-order chi connectivity index (χ0) is 12.1. The SMILES string of the molecule is C#CC(CCCC)c1cccc2ccccc12. The number of benzene rings is 2. The van der Waals surface area contributed by atoms with Gasteiger partial charge in [-0.1, -0.05) is 68.2 Å². The third kappa shape index (κ3) is 2.50. The Bertz CT molecular complexity index is 526. The summed E-state index contributed by atoms with van der Waals surface area (Å²) in [4.78, 5) is 0. The third-order valence-corrected chi connectivity index (χ3v) is 3.25. The Balaban J connectivity index is 2.43. The number of terminal acetylenes is 1. The highest BCUT2D eigenvalue weighted by molar-refractivity contribution is 5.86. The van der Waals surface area contributed by atoms with E-state index in [9.17, 15) is 0 Å². The fraction of sp³-hybridized carbons (Fsp3) is 0.294. The Kier molecular flexibility index (Phi) is 3.83. The second-order valence-electron chi connectivity index (χ2n) is 4.43. The molecule has 0 aromatic heterocycles. The van der Waals surface area contributed by atoms with Crippen LogP contribution in [0.25, 0.3) is 10.8 Å². The van der Waals surface area contributed by atoms with Gasteiger partial charge in [0, 0.05) is 5.92 Å². The van der Waals surface area contributed by atoms with Crippen LogP contribution in [0.5, 0.6) is 0 Å². The van der Waals surface area contributed by atoms with E-state index >= 15 is 0 Å². The van der Waals surface area contributed by atoms with Crippen molar-refractivity contribution in [1.82, 2.24) is 0 Å². The first-order valence-corrected chi connectivity index (χ1v) is 6.30. The van der Waals surface area contributed by atoms with Crippen molar-refractivity contribution in [3.8, 4) is 12.3 Å². The van der Waals surface area contributed by atoms with Gasteiger partial charge in [0.2, 0.25) is 0 Å². The zero-order valence-electron chi connectivity index (χ0n) is 10.3. The Labute approximate surface area is 104 Å². The molecule has 1 atom stereocenters. The van der Waals surface area contributed by atoms with Gasteiger partial charge in [0.15, 0.2) is 0 Å². The lowest BCUT2D eigenvalue weighted by Crippen LogP contribution is -1.96. The van der Waals surface area contributed by atoms with Gasteiger partial charge in [-0.15, -0.1) is 6.42 Å². The Hall–Kier alpha value is -1.74. The second kappa shape index (κ2) is 5.55. The van der Waals surface area contributed by atoms with Crippen LogP contribution in [0, 0.1) is 12.3 Å². The molecule has 1 unspecified atom stereocenters. The van der Waals surface area contributed by atoms with Crippen molar-refractivity contribution in [1.29, 1.82) is 0 Å². The van der Waals surface area contributed by atoms with Crippen molar-refractivity contribution in [2.45, 2.75) is 32.1 Å². The molecule has 2 aromatic carbocycles. The van der Waals surface area contributed by atoms with E-state index in [-0.39, 0.29) is 5.92 Å². The summed E-state index contributed by atoms with van der Waals surface area (Å²) in [6.45, 7) is 2.21. The monoisotopic (exact) mass is 222 g/mol. The fourth-order valence-electron chi connectivity index (χ4n) is 2.29. The summed E-state index contributed by atoms with van der Waals surface area (Å²) >= 11 is 0. The molecule has 0 saturated carbocycles. The van der Waals surface area contributed by atoms with E-state index < -0.39 is 0 Å². The molecule has 0 amide bonds. The lowest BCUT2D eigenvalue weighted by molar-refractivity contribution is 0.679. The maximum atomic E-state index is 5.69. The summed E-state index contributed by atoms with van der Waals surface area (Å²) in [6, 6.07) is 14.9. The predicted octanol–water partition coefficient (Wildman–Crippen LogP) is 4.75. The highest BCUT2D eigenvalue weighted by atomic mass is 14.1. The van der Waals surface area contributed by atoms with Crippen LogP contribution in [-0.2, 0) is 0 Å². The smallest absolute Gasteiger partial charge is 0.0455 e.